The van der Waals surface area contributed by atoms with E-state index in [1.807, 2.05) is 6.26 Å². The van der Waals surface area contributed by atoms with Crippen molar-refractivity contribution in [2.24, 2.45) is 5.41 Å². The first kappa shape index (κ1) is 12.4. The quantitative estimate of drug-likeness (QED) is 0.762. The van der Waals surface area contributed by atoms with E-state index in [2.05, 4.69) is 12.2 Å². The predicted octanol–water partition coefficient (Wildman–Crippen LogP) is 0.987. The standard InChI is InChI=1S/C11H16N2O3S/c1-7(17-2)3-6-13-9(15)11(4-5-11)8(14)12-10(13)16/h7H,3-6H2,1-2H3,(H,12,14,16). The van der Waals surface area contributed by atoms with Crippen LogP contribution in [0.4, 0.5) is 4.79 Å². The molecule has 6 heteroatoms. The van der Waals surface area contributed by atoms with Gasteiger partial charge in [-0.15, -0.1) is 0 Å². The third-order valence-corrected chi connectivity index (χ3v) is 4.51. The van der Waals surface area contributed by atoms with Crippen molar-refractivity contribution < 1.29 is 14.4 Å². The molecule has 1 saturated heterocycles. The molecule has 2 rings (SSSR count). The van der Waals surface area contributed by atoms with Crippen LogP contribution >= 0.6 is 11.8 Å². The molecule has 4 amide bonds. The number of urea groups is 1. The lowest BCUT2D eigenvalue weighted by atomic mass is 10.0. The number of hydrogen-bond acceptors (Lipinski definition) is 4. The van der Waals surface area contributed by atoms with Crippen LogP contribution < -0.4 is 5.32 Å². The van der Waals surface area contributed by atoms with Gasteiger partial charge in [0, 0.05) is 11.8 Å². The Balaban J connectivity index is 2.04. The summed E-state index contributed by atoms with van der Waals surface area (Å²) in [6.07, 6.45) is 3.89. The first-order valence-corrected chi connectivity index (χ1v) is 7.00. The summed E-state index contributed by atoms with van der Waals surface area (Å²) in [4.78, 5) is 36.4. The number of thioether (sulfide) groups is 1. The summed E-state index contributed by atoms with van der Waals surface area (Å²) >= 11 is 1.70. The molecule has 1 aliphatic heterocycles. The number of imide groups is 2. The van der Waals surface area contributed by atoms with E-state index in [9.17, 15) is 14.4 Å². The van der Waals surface area contributed by atoms with Crippen LogP contribution in [0.3, 0.4) is 0 Å². The molecule has 1 unspecified atom stereocenters. The minimum absolute atomic E-state index is 0.306. The minimum atomic E-state index is -0.906. The van der Waals surface area contributed by atoms with Crippen molar-refractivity contribution in [3.05, 3.63) is 0 Å². The average molecular weight is 256 g/mol. The number of amides is 4. The monoisotopic (exact) mass is 256 g/mol. The van der Waals surface area contributed by atoms with Crippen LogP contribution in [0.2, 0.25) is 0 Å². The van der Waals surface area contributed by atoms with E-state index in [0.717, 1.165) is 6.42 Å². The number of hydrogen-bond donors (Lipinski definition) is 1. The highest BCUT2D eigenvalue weighted by atomic mass is 32.2. The Morgan fingerprint density at radius 3 is 2.59 bits per heavy atom. The van der Waals surface area contributed by atoms with Gasteiger partial charge in [0.1, 0.15) is 5.41 Å². The van der Waals surface area contributed by atoms with E-state index in [4.69, 9.17) is 0 Å². The number of nitrogens with one attached hydrogen (secondary N) is 1. The van der Waals surface area contributed by atoms with Gasteiger partial charge in [-0.25, -0.2) is 4.79 Å². The fourth-order valence-electron chi connectivity index (χ4n) is 1.93. The van der Waals surface area contributed by atoms with Crippen molar-refractivity contribution in [1.29, 1.82) is 0 Å². The second kappa shape index (κ2) is 4.33. The van der Waals surface area contributed by atoms with Gasteiger partial charge in [0.05, 0.1) is 0 Å². The van der Waals surface area contributed by atoms with Gasteiger partial charge in [-0.1, -0.05) is 6.92 Å². The topological polar surface area (TPSA) is 66.5 Å². The van der Waals surface area contributed by atoms with E-state index < -0.39 is 17.4 Å². The van der Waals surface area contributed by atoms with E-state index in [-0.39, 0.29) is 5.91 Å². The molecule has 1 N–H and O–H groups in total. The van der Waals surface area contributed by atoms with Crippen molar-refractivity contribution in [2.75, 3.05) is 12.8 Å². The lowest BCUT2D eigenvalue weighted by Crippen LogP contribution is -2.59. The highest BCUT2D eigenvalue weighted by molar-refractivity contribution is 7.99. The van der Waals surface area contributed by atoms with Crippen molar-refractivity contribution in [2.45, 2.75) is 31.4 Å². The molecule has 1 aliphatic carbocycles. The van der Waals surface area contributed by atoms with Crippen LogP contribution in [0.15, 0.2) is 0 Å². The van der Waals surface area contributed by atoms with Crippen molar-refractivity contribution >= 4 is 29.6 Å². The van der Waals surface area contributed by atoms with Gasteiger partial charge in [0.2, 0.25) is 11.8 Å². The smallest absolute Gasteiger partial charge is 0.277 e. The Hall–Kier alpha value is -1.04. The van der Waals surface area contributed by atoms with Crippen molar-refractivity contribution in [3.63, 3.8) is 0 Å². The molecule has 0 bridgehead atoms. The summed E-state index contributed by atoms with van der Waals surface area (Å²) < 4.78 is 0. The fourth-order valence-corrected chi connectivity index (χ4v) is 2.27. The zero-order valence-electron chi connectivity index (χ0n) is 9.99. The first-order valence-electron chi connectivity index (χ1n) is 5.71. The molecule has 1 spiro atoms. The van der Waals surface area contributed by atoms with Crippen LogP contribution in [0, 0.1) is 5.41 Å². The largest absolute Gasteiger partial charge is 0.330 e. The lowest BCUT2D eigenvalue weighted by molar-refractivity contribution is -0.144. The van der Waals surface area contributed by atoms with E-state index in [1.54, 1.807) is 11.8 Å². The molecule has 2 aliphatic rings. The Morgan fingerprint density at radius 1 is 1.41 bits per heavy atom. The van der Waals surface area contributed by atoms with Crippen LogP contribution in [-0.2, 0) is 9.59 Å². The number of rotatable bonds is 4. The van der Waals surface area contributed by atoms with Crippen molar-refractivity contribution in [3.8, 4) is 0 Å². The molecule has 5 nitrogen and oxygen atoms in total. The maximum Gasteiger partial charge on any atom is 0.330 e. The third kappa shape index (κ3) is 2.06. The highest BCUT2D eigenvalue weighted by Crippen LogP contribution is 2.48. The highest BCUT2D eigenvalue weighted by Gasteiger charge is 2.61. The zero-order valence-corrected chi connectivity index (χ0v) is 10.8. The summed E-state index contributed by atoms with van der Waals surface area (Å²) in [7, 11) is 0. The predicted molar refractivity (Wildman–Crippen MR) is 64.5 cm³/mol. The van der Waals surface area contributed by atoms with Gasteiger partial charge >= 0.3 is 6.03 Å². The van der Waals surface area contributed by atoms with Crippen LogP contribution in [0.5, 0.6) is 0 Å². The summed E-state index contributed by atoms with van der Waals surface area (Å²) in [6.45, 7) is 2.44. The second-order valence-corrected chi connectivity index (χ2v) is 5.91. The number of nitrogens with zero attached hydrogens (tertiary/aromatic N) is 1. The molecular formula is C11H16N2O3S. The molecule has 0 radical (unpaired) electrons. The summed E-state index contributed by atoms with van der Waals surface area (Å²) in [6, 6.07) is -0.564. The zero-order chi connectivity index (χ0) is 12.6. The average Bonchev–Trinajstić information content (AvgIpc) is 3.08. The molecule has 1 heterocycles. The molecule has 0 aromatic carbocycles. The van der Waals surface area contributed by atoms with Gasteiger partial charge < -0.3 is 0 Å². The van der Waals surface area contributed by atoms with Crippen LogP contribution in [-0.4, -0.2) is 40.8 Å². The van der Waals surface area contributed by atoms with E-state index in [1.165, 1.54) is 4.90 Å². The Kier molecular flexibility index (Phi) is 3.16. The summed E-state index contributed by atoms with van der Waals surface area (Å²) in [5.74, 6) is -0.721. The van der Waals surface area contributed by atoms with Crippen LogP contribution in [0.25, 0.3) is 0 Å². The maximum atomic E-state index is 12.1. The first-order chi connectivity index (χ1) is 8.01. The molecule has 1 atom stereocenters. The van der Waals surface area contributed by atoms with E-state index in [0.29, 0.717) is 24.6 Å². The minimum Gasteiger partial charge on any atom is -0.277 e. The van der Waals surface area contributed by atoms with Crippen LogP contribution in [0.1, 0.15) is 26.2 Å². The number of barbiturate groups is 1. The maximum absolute atomic E-state index is 12.1. The molecule has 94 valence electrons. The number of carbonyl (C=O) groups excluding carboxylic acids is 3. The Morgan fingerprint density at radius 2 is 2.06 bits per heavy atom. The summed E-state index contributed by atoms with van der Waals surface area (Å²) in [5, 5.41) is 2.67. The Bertz CT molecular complexity index is 379. The lowest BCUT2D eigenvalue weighted by Gasteiger charge is -2.30. The van der Waals surface area contributed by atoms with E-state index >= 15 is 0 Å². The normalized spacial score (nSPS) is 23.9. The summed E-state index contributed by atoms with van der Waals surface area (Å²) in [5.41, 5.74) is -0.906. The van der Waals surface area contributed by atoms with Gasteiger partial charge in [0.25, 0.3) is 0 Å². The Labute approximate surface area is 104 Å². The van der Waals surface area contributed by atoms with Crippen molar-refractivity contribution in [1.82, 2.24) is 10.2 Å². The van der Waals surface area contributed by atoms with Gasteiger partial charge in [-0.05, 0) is 25.5 Å². The second-order valence-electron chi connectivity index (χ2n) is 4.63. The van der Waals surface area contributed by atoms with Gasteiger partial charge in [0.15, 0.2) is 0 Å². The molecule has 0 aromatic rings. The molecular weight excluding hydrogens is 240 g/mol. The molecule has 1 saturated carbocycles. The van der Waals surface area contributed by atoms with Gasteiger partial charge in [-0.3, -0.25) is 19.8 Å². The molecule has 2 fully saturated rings. The third-order valence-electron chi connectivity index (χ3n) is 3.47. The molecule has 0 aromatic heterocycles. The van der Waals surface area contributed by atoms with Gasteiger partial charge in [-0.2, -0.15) is 11.8 Å². The fraction of sp³-hybridized carbons (Fsp3) is 0.727. The number of carbonyl (C=O) groups is 3. The SMILES string of the molecule is CSC(C)CCN1C(=O)NC(=O)C2(CC2)C1=O. The molecule has 17 heavy (non-hydrogen) atoms.